The fourth-order valence-corrected chi connectivity index (χ4v) is 0.804. The second-order valence-electron chi connectivity index (χ2n) is 1.86. The number of hydrogen-bond donors (Lipinski definition) is 0. The summed E-state index contributed by atoms with van der Waals surface area (Å²) >= 11 is 5.73. The van der Waals surface area contributed by atoms with E-state index in [0.29, 0.717) is 6.61 Å². The van der Waals surface area contributed by atoms with E-state index in [1.807, 2.05) is 13.1 Å². The molecule has 0 amide bonds. The van der Waals surface area contributed by atoms with Crippen LogP contribution in [0.3, 0.4) is 0 Å². The van der Waals surface area contributed by atoms with Crippen LogP contribution < -0.4 is 0 Å². The van der Waals surface area contributed by atoms with Gasteiger partial charge < -0.3 is 4.43 Å². The summed E-state index contributed by atoms with van der Waals surface area (Å²) in [4.78, 5) is 0. The van der Waals surface area contributed by atoms with Gasteiger partial charge in [-0.1, -0.05) is 5.92 Å². The van der Waals surface area contributed by atoms with E-state index in [-0.39, 0.29) is 0 Å². The molecule has 0 heterocycles. The summed E-state index contributed by atoms with van der Waals surface area (Å²) in [6.07, 6.45) is 4.92. The largest absolute Gasteiger partial charge is 0.392 e. The van der Waals surface area contributed by atoms with Crippen molar-refractivity contribution >= 4 is 18.7 Å². The van der Waals surface area contributed by atoms with Crippen LogP contribution in [0.25, 0.3) is 0 Å². The van der Waals surface area contributed by atoms with Gasteiger partial charge >= 0.3 is 0 Å². The number of halogens is 1. The average molecular weight is 149 g/mol. The van der Waals surface area contributed by atoms with Crippen molar-refractivity contribution < 1.29 is 4.43 Å². The molecule has 0 aromatic heterocycles. The molecule has 3 heteroatoms. The first-order chi connectivity index (χ1) is 3.56. The second-order valence-corrected chi connectivity index (χ2v) is 7.60. The first-order valence-electron chi connectivity index (χ1n) is 2.32. The van der Waals surface area contributed by atoms with Crippen molar-refractivity contribution in [2.45, 2.75) is 13.1 Å². The van der Waals surface area contributed by atoms with Crippen LogP contribution >= 0.6 is 11.1 Å². The molecule has 0 unspecified atom stereocenters. The molecule has 0 saturated carbocycles. The lowest BCUT2D eigenvalue weighted by atomic mass is 10.8. The van der Waals surface area contributed by atoms with Crippen LogP contribution in [0.5, 0.6) is 0 Å². The molecular weight excluding hydrogens is 140 g/mol. The fourth-order valence-electron chi connectivity index (χ4n) is 0.213. The lowest BCUT2D eigenvalue weighted by molar-refractivity contribution is 0.375. The number of terminal acetylenes is 1. The Morgan fingerprint density at radius 1 is 1.75 bits per heavy atom. The Hall–Kier alpha value is 0.0269. The van der Waals surface area contributed by atoms with Crippen LogP contribution in [-0.2, 0) is 4.43 Å². The smallest absolute Gasteiger partial charge is 0.284 e. The Kier molecular flexibility index (Phi) is 3.14. The molecule has 0 aliphatic carbocycles. The molecule has 0 aromatic carbocycles. The Morgan fingerprint density at radius 2 is 2.25 bits per heavy atom. The molecule has 0 fully saturated rings. The van der Waals surface area contributed by atoms with E-state index < -0.39 is 7.63 Å². The first-order valence-corrected chi connectivity index (χ1v) is 6.24. The van der Waals surface area contributed by atoms with E-state index in [0.717, 1.165) is 0 Å². The summed E-state index contributed by atoms with van der Waals surface area (Å²) in [5.41, 5.74) is 0. The minimum atomic E-state index is -1.85. The zero-order valence-electron chi connectivity index (χ0n) is 5.07. The molecule has 0 aliphatic heterocycles. The maximum Gasteiger partial charge on any atom is 0.284 e. The van der Waals surface area contributed by atoms with Gasteiger partial charge in [0.25, 0.3) is 7.63 Å². The molecule has 0 saturated heterocycles. The van der Waals surface area contributed by atoms with Gasteiger partial charge in [0.2, 0.25) is 0 Å². The normalized spacial score (nSPS) is 10.8. The third-order valence-electron chi connectivity index (χ3n) is 0.499. The molecule has 0 rings (SSSR count). The lowest BCUT2D eigenvalue weighted by Gasteiger charge is -2.10. The predicted molar refractivity (Wildman–Crippen MR) is 38.1 cm³/mol. The highest BCUT2D eigenvalue weighted by Crippen LogP contribution is 2.07. The minimum absolute atomic E-state index is 0.336. The van der Waals surface area contributed by atoms with Gasteiger partial charge in [-0.2, -0.15) is 0 Å². The van der Waals surface area contributed by atoms with Crippen LogP contribution in [0.2, 0.25) is 13.1 Å². The average Bonchev–Trinajstić information content (AvgIpc) is 1.59. The summed E-state index contributed by atoms with van der Waals surface area (Å²) in [6.45, 7) is 4.10. The zero-order chi connectivity index (χ0) is 6.62. The van der Waals surface area contributed by atoms with E-state index in [1.54, 1.807) is 0 Å². The molecule has 46 valence electrons. The molecule has 0 bridgehead atoms. The van der Waals surface area contributed by atoms with Crippen molar-refractivity contribution in [1.29, 1.82) is 0 Å². The van der Waals surface area contributed by atoms with Crippen molar-refractivity contribution in [3.8, 4) is 12.3 Å². The highest BCUT2D eigenvalue weighted by molar-refractivity contribution is 7.15. The maximum atomic E-state index is 5.73. The molecule has 0 aromatic rings. The minimum Gasteiger partial charge on any atom is -0.392 e. The van der Waals surface area contributed by atoms with Crippen LogP contribution in [0.4, 0.5) is 0 Å². The van der Waals surface area contributed by atoms with Gasteiger partial charge in [-0.25, -0.2) is 0 Å². The summed E-state index contributed by atoms with van der Waals surface area (Å²) in [7, 11) is -1.85. The standard InChI is InChI=1S/C5H9ClOSi/c1-4-5-7-8(2,3)6/h1H,5H2,2-3H3. The van der Waals surface area contributed by atoms with Crippen LogP contribution in [0.1, 0.15) is 0 Å². The summed E-state index contributed by atoms with van der Waals surface area (Å²) in [5, 5.41) is 0. The topological polar surface area (TPSA) is 9.23 Å². The van der Waals surface area contributed by atoms with E-state index in [9.17, 15) is 0 Å². The van der Waals surface area contributed by atoms with Crippen molar-refractivity contribution in [3.63, 3.8) is 0 Å². The van der Waals surface area contributed by atoms with Gasteiger partial charge in [0.15, 0.2) is 0 Å². The van der Waals surface area contributed by atoms with Gasteiger partial charge in [0, 0.05) is 0 Å². The SMILES string of the molecule is C#CCO[Si](C)(C)Cl. The Bertz CT molecular complexity index is 100.0. The van der Waals surface area contributed by atoms with Gasteiger partial charge in [-0.3, -0.25) is 0 Å². The summed E-state index contributed by atoms with van der Waals surface area (Å²) < 4.78 is 5.05. The van der Waals surface area contributed by atoms with Crippen molar-refractivity contribution in [2.24, 2.45) is 0 Å². The molecule has 0 N–H and O–H groups in total. The second kappa shape index (κ2) is 3.13. The highest BCUT2D eigenvalue weighted by atomic mass is 35.6. The molecule has 1 nitrogen and oxygen atoms in total. The van der Waals surface area contributed by atoms with Gasteiger partial charge in [-0.15, -0.1) is 17.5 Å². The van der Waals surface area contributed by atoms with Crippen LogP contribution in [0, 0.1) is 12.3 Å². The predicted octanol–water partition coefficient (Wildman–Crippen LogP) is 1.58. The van der Waals surface area contributed by atoms with Crippen LogP contribution in [0.15, 0.2) is 0 Å². The monoisotopic (exact) mass is 148 g/mol. The fraction of sp³-hybridized carbons (Fsp3) is 0.600. The molecule has 0 atom stereocenters. The molecule has 8 heavy (non-hydrogen) atoms. The van der Waals surface area contributed by atoms with E-state index in [1.165, 1.54) is 0 Å². The Balaban J connectivity index is 3.28. The van der Waals surface area contributed by atoms with Gasteiger partial charge in [0.05, 0.1) is 6.61 Å². The van der Waals surface area contributed by atoms with Gasteiger partial charge in [-0.05, 0) is 13.1 Å². The first kappa shape index (κ1) is 8.03. The lowest BCUT2D eigenvalue weighted by Crippen LogP contribution is -2.22. The zero-order valence-corrected chi connectivity index (χ0v) is 6.83. The number of hydrogen-bond acceptors (Lipinski definition) is 1. The van der Waals surface area contributed by atoms with Crippen molar-refractivity contribution in [2.75, 3.05) is 6.61 Å². The van der Waals surface area contributed by atoms with Crippen molar-refractivity contribution in [3.05, 3.63) is 0 Å². The van der Waals surface area contributed by atoms with Crippen LogP contribution in [-0.4, -0.2) is 14.2 Å². The molecular formula is C5H9ClOSi. The van der Waals surface area contributed by atoms with Crippen molar-refractivity contribution in [1.82, 2.24) is 0 Å². The highest BCUT2D eigenvalue weighted by Gasteiger charge is 2.16. The third-order valence-corrected chi connectivity index (χ3v) is 1.66. The van der Waals surface area contributed by atoms with E-state index >= 15 is 0 Å². The Morgan fingerprint density at radius 3 is 2.38 bits per heavy atom. The van der Waals surface area contributed by atoms with E-state index in [4.69, 9.17) is 21.9 Å². The Labute approximate surface area is 55.8 Å². The maximum absolute atomic E-state index is 5.73. The quantitative estimate of drug-likeness (QED) is 0.328. The summed E-state index contributed by atoms with van der Waals surface area (Å²) in [5.74, 6) is 2.35. The molecule has 0 radical (unpaired) electrons. The third kappa shape index (κ3) is 6.03. The molecule has 0 aliphatic rings. The number of rotatable bonds is 2. The summed E-state index contributed by atoms with van der Waals surface area (Å²) in [6, 6.07) is 0. The van der Waals surface area contributed by atoms with E-state index in [2.05, 4.69) is 5.92 Å². The molecule has 0 spiro atoms. The van der Waals surface area contributed by atoms with Gasteiger partial charge in [0.1, 0.15) is 0 Å².